The van der Waals surface area contributed by atoms with Gasteiger partial charge in [-0.3, -0.25) is 5.43 Å². The Morgan fingerprint density at radius 2 is 1.58 bits per heavy atom. The quantitative estimate of drug-likeness (QED) is 0.120. The number of nitrogens with one attached hydrogen (secondary N) is 1. The van der Waals surface area contributed by atoms with E-state index in [9.17, 15) is 4.79 Å². The standard InChI is InChI=1S/C23H15Br2N3O2S/c24-18-7-3-16(4-8-18)21-14-31-23(27-21)28-26-13-15-1-11-20(12-2-15)30-22(29)17-5-9-19(25)10-6-17/h1-14H,(H,27,28)/b26-13+. The first kappa shape index (κ1) is 21.4. The molecule has 3 aromatic carbocycles. The topological polar surface area (TPSA) is 63.6 Å². The van der Waals surface area contributed by atoms with E-state index in [1.165, 1.54) is 11.3 Å². The largest absolute Gasteiger partial charge is 0.423 e. The average molecular weight is 557 g/mol. The van der Waals surface area contributed by atoms with Crippen molar-refractivity contribution >= 4 is 60.5 Å². The molecule has 5 nitrogen and oxygen atoms in total. The summed E-state index contributed by atoms with van der Waals surface area (Å²) in [6, 6.07) is 22.1. The molecular formula is C23H15Br2N3O2S. The summed E-state index contributed by atoms with van der Waals surface area (Å²) in [5.74, 6) is 0.0676. The van der Waals surface area contributed by atoms with E-state index >= 15 is 0 Å². The molecule has 8 heteroatoms. The van der Waals surface area contributed by atoms with Gasteiger partial charge in [-0.1, -0.05) is 44.0 Å². The molecule has 154 valence electrons. The first-order chi connectivity index (χ1) is 15.1. The molecule has 1 heterocycles. The van der Waals surface area contributed by atoms with Crippen LogP contribution in [0.25, 0.3) is 11.3 Å². The third-order valence-electron chi connectivity index (χ3n) is 4.19. The Kier molecular flexibility index (Phi) is 6.91. The third kappa shape index (κ3) is 5.88. The summed E-state index contributed by atoms with van der Waals surface area (Å²) in [5.41, 5.74) is 6.24. The summed E-state index contributed by atoms with van der Waals surface area (Å²) in [6.07, 6.45) is 1.68. The molecule has 0 aliphatic rings. The van der Waals surface area contributed by atoms with Gasteiger partial charge >= 0.3 is 5.97 Å². The van der Waals surface area contributed by atoms with E-state index in [1.54, 1.807) is 42.6 Å². The predicted octanol–water partition coefficient (Wildman–Crippen LogP) is 7.00. The van der Waals surface area contributed by atoms with Gasteiger partial charge in [0.2, 0.25) is 5.13 Å². The maximum absolute atomic E-state index is 12.2. The van der Waals surface area contributed by atoms with Gasteiger partial charge in [0.25, 0.3) is 0 Å². The number of hydrazone groups is 1. The first-order valence-electron chi connectivity index (χ1n) is 9.15. The maximum atomic E-state index is 12.2. The van der Waals surface area contributed by atoms with Crippen LogP contribution in [0.15, 0.2) is 92.2 Å². The number of aromatic nitrogens is 1. The summed E-state index contributed by atoms with van der Waals surface area (Å²) in [4.78, 5) is 16.7. The van der Waals surface area contributed by atoms with E-state index in [0.717, 1.165) is 25.8 Å². The Labute approximate surface area is 200 Å². The molecule has 0 bridgehead atoms. The van der Waals surface area contributed by atoms with Crippen LogP contribution in [0.2, 0.25) is 0 Å². The van der Waals surface area contributed by atoms with Crippen LogP contribution in [0.5, 0.6) is 5.75 Å². The van der Waals surface area contributed by atoms with E-state index < -0.39 is 5.97 Å². The number of halogens is 2. The van der Waals surface area contributed by atoms with E-state index in [1.807, 2.05) is 41.8 Å². The van der Waals surface area contributed by atoms with Crippen molar-refractivity contribution in [2.45, 2.75) is 0 Å². The third-order valence-corrected chi connectivity index (χ3v) is 5.99. The molecule has 0 aliphatic carbocycles. The molecule has 0 saturated carbocycles. The Balaban J connectivity index is 1.33. The molecule has 31 heavy (non-hydrogen) atoms. The van der Waals surface area contributed by atoms with Crippen molar-refractivity contribution in [2.75, 3.05) is 5.43 Å². The predicted molar refractivity (Wildman–Crippen MR) is 132 cm³/mol. The minimum Gasteiger partial charge on any atom is -0.423 e. The van der Waals surface area contributed by atoms with Crippen molar-refractivity contribution in [3.63, 3.8) is 0 Å². The SMILES string of the molecule is O=C(Oc1ccc(/C=N/Nc2nc(-c3ccc(Br)cc3)cs2)cc1)c1ccc(Br)cc1. The van der Waals surface area contributed by atoms with Crippen LogP contribution in [0.3, 0.4) is 0 Å². The van der Waals surface area contributed by atoms with Gasteiger partial charge in [0.15, 0.2) is 0 Å². The fourth-order valence-electron chi connectivity index (χ4n) is 2.61. The zero-order valence-electron chi connectivity index (χ0n) is 16.0. The van der Waals surface area contributed by atoms with Crippen molar-refractivity contribution in [3.8, 4) is 17.0 Å². The normalized spacial score (nSPS) is 10.9. The van der Waals surface area contributed by atoms with Gasteiger partial charge in [-0.25, -0.2) is 9.78 Å². The number of benzene rings is 3. The van der Waals surface area contributed by atoms with Gasteiger partial charge in [0, 0.05) is 19.9 Å². The highest BCUT2D eigenvalue weighted by Crippen LogP contribution is 2.26. The minimum atomic E-state index is -0.402. The highest BCUT2D eigenvalue weighted by molar-refractivity contribution is 9.10. The van der Waals surface area contributed by atoms with Gasteiger partial charge in [-0.05, 0) is 66.2 Å². The summed E-state index contributed by atoms with van der Waals surface area (Å²) in [5, 5.41) is 6.92. The Morgan fingerprint density at radius 3 is 2.26 bits per heavy atom. The van der Waals surface area contributed by atoms with Gasteiger partial charge in [0.05, 0.1) is 17.5 Å². The Hall–Kier alpha value is -2.81. The van der Waals surface area contributed by atoms with Crippen molar-refractivity contribution in [1.29, 1.82) is 0 Å². The summed E-state index contributed by atoms with van der Waals surface area (Å²) in [6.45, 7) is 0. The molecule has 0 saturated heterocycles. The van der Waals surface area contributed by atoms with Crippen LogP contribution >= 0.6 is 43.2 Å². The minimum absolute atomic E-state index is 0.402. The number of rotatable bonds is 6. The second-order valence-corrected chi connectivity index (χ2v) is 9.07. The van der Waals surface area contributed by atoms with Crippen LogP contribution in [0, 0.1) is 0 Å². The summed E-state index contributed by atoms with van der Waals surface area (Å²) >= 11 is 8.26. The second-order valence-electron chi connectivity index (χ2n) is 6.38. The van der Waals surface area contributed by atoms with Crippen molar-refractivity contribution in [1.82, 2.24) is 4.98 Å². The number of carbonyl (C=O) groups is 1. The monoisotopic (exact) mass is 555 g/mol. The lowest BCUT2D eigenvalue weighted by atomic mass is 10.2. The fourth-order valence-corrected chi connectivity index (χ4v) is 3.81. The van der Waals surface area contributed by atoms with E-state index in [-0.39, 0.29) is 0 Å². The van der Waals surface area contributed by atoms with Crippen LogP contribution < -0.4 is 10.2 Å². The second kappa shape index (κ2) is 10.00. The smallest absolute Gasteiger partial charge is 0.343 e. The van der Waals surface area contributed by atoms with E-state index in [0.29, 0.717) is 16.4 Å². The summed E-state index contributed by atoms with van der Waals surface area (Å²) < 4.78 is 7.33. The zero-order valence-corrected chi connectivity index (χ0v) is 19.9. The highest BCUT2D eigenvalue weighted by atomic mass is 79.9. The fraction of sp³-hybridized carbons (Fsp3) is 0. The lowest BCUT2D eigenvalue weighted by Gasteiger charge is -2.04. The zero-order chi connectivity index (χ0) is 21.6. The number of thiazole rings is 1. The highest BCUT2D eigenvalue weighted by Gasteiger charge is 2.08. The lowest BCUT2D eigenvalue weighted by Crippen LogP contribution is -2.08. The summed E-state index contributed by atoms with van der Waals surface area (Å²) in [7, 11) is 0. The van der Waals surface area contributed by atoms with Gasteiger partial charge < -0.3 is 4.74 Å². The number of esters is 1. The van der Waals surface area contributed by atoms with Crippen LogP contribution in [0.4, 0.5) is 5.13 Å². The molecule has 4 aromatic rings. The number of hydrogen-bond acceptors (Lipinski definition) is 6. The van der Waals surface area contributed by atoms with Gasteiger partial charge in [0.1, 0.15) is 5.75 Å². The Bertz CT molecular complexity index is 1210. The molecule has 0 fully saturated rings. The van der Waals surface area contributed by atoms with Gasteiger partial charge in [-0.15, -0.1) is 11.3 Å². The van der Waals surface area contributed by atoms with Crippen molar-refractivity contribution in [2.24, 2.45) is 5.10 Å². The van der Waals surface area contributed by atoms with Crippen LogP contribution in [0.1, 0.15) is 15.9 Å². The maximum Gasteiger partial charge on any atom is 0.343 e. The van der Waals surface area contributed by atoms with E-state index in [2.05, 4.69) is 47.4 Å². The molecule has 0 amide bonds. The number of hydrogen-bond donors (Lipinski definition) is 1. The molecule has 1 aromatic heterocycles. The molecule has 0 atom stereocenters. The van der Waals surface area contributed by atoms with E-state index in [4.69, 9.17) is 4.74 Å². The number of ether oxygens (including phenoxy) is 1. The number of anilines is 1. The van der Waals surface area contributed by atoms with Crippen LogP contribution in [-0.4, -0.2) is 17.2 Å². The number of nitrogens with zero attached hydrogens (tertiary/aromatic N) is 2. The lowest BCUT2D eigenvalue weighted by molar-refractivity contribution is 0.0734. The van der Waals surface area contributed by atoms with Crippen LogP contribution in [-0.2, 0) is 0 Å². The molecule has 0 unspecified atom stereocenters. The number of carbonyl (C=O) groups excluding carboxylic acids is 1. The molecule has 0 aliphatic heterocycles. The molecule has 4 rings (SSSR count). The first-order valence-corrected chi connectivity index (χ1v) is 11.6. The molecule has 0 radical (unpaired) electrons. The van der Waals surface area contributed by atoms with Crippen molar-refractivity contribution < 1.29 is 9.53 Å². The average Bonchev–Trinajstić information content (AvgIpc) is 3.25. The molecule has 0 spiro atoms. The molecular weight excluding hydrogens is 542 g/mol. The Morgan fingerprint density at radius 1 is 0.935 bits per heavy atom. The molecule has 1 N–H and O–H groups in total. The van der Waals surface area contributed by atoms with Crippen molar-refractivity contribution in [3.05, 3.63) is 98.2 Å². The van der Waals surface area contributed by atoms with Gasteiger partial charge in [-0.2, -0.15) is 5.10 Å².